The maximum atomic E-state index is 9.79. The molecule has 0 radical (unpaired) electrons. The molecule has 0 bridgehead atoms. The van der Waals surface area contributed by atoms with Gasteiger partial charge in [0.05, 0.1) is 20.1 Å². The Balaban J connectivity index is 2.11. The number of nitrogens with two attached hydrogens (primary N) is 1. The lowest BCUT2D eigenvalue weighted by atomic mass is 9.81. The fourth-order valence-electron chi connectivity index (χ4n) is 3.67. The SMILES string of the molecule is COc1ccc(C2C(C#N)=C(N)Oc3n[nH]c(C)c32)c2c(OC)cccc12. The van der Waals surface area contributed by atoms with Crippen molar-refractivity contribution in [3.63, 3.8) is 0 Å². The summed E-state index contributed by atoms with van der Waals surface area (Å²) < 4.78 is 16.7. The van der Waals surface area contributed by atoms with E-state index in [9.17, 15) is 5.26 Å². The van der Waals surface area contributed by atoms with Gasteiger partial charge in [-0.25, -0.2) is 0 Å². The van der Waals surface area contributed by atoms with Crippen LogP contribution in [0, 0.1) is 18.3 Å². The lowest BCUT2D eigenvalue weighted by molar-refractivity contribution is 0.378. The predicted octanol–water partition coefficient (Wildman–Crippen LogP) is 3.11. The van der Waals surface area contributed by atoms with Crippen molar-refractivity contribution in [2.45, 2.75) is 12.8 Å². The summed E-state index contributed by atoms with van der Waals surface area (Å²) in [5, 5.41) is 18.6. The number of nitrogens with one attached hydrogen (secondary N) is 1. The molecule has 0 amide bonds. The van der Waals surface area contributed by atoms with Crippen molar-refractivity contribution < 1.29 is 14.2 Å². The second kappa shape index (κ2) is 6.25. The summed E-state index contributed by atoms with van der Waals surface area (Å²) in [6, 6.07) is 11.8. The summed E-state index contributed by atoms with van der Waals surface area (Å²) in [6.45, 7) is 1.89. The minimum absolute atomic E-state index is 0.0559. The summed E-state index contributed by atoms with van der Waals surface area (Å²) in [7, 11) is 3.24. The van der Waals surface area contributed by atoms with E-state index in [1.807, 2.05) is 37.3 Å². The summed E-state index contributed by atoms with van der Waals surface area (Å²) in [6.07, 6.45) is 0. The van der Waals surface area contributed by atoms with Gasteiger partial charge in [0.1, 0.15) is 23.1 Å². The molecule has 0 aliphatic carbocycles. The molecule has 1 unspecified atom stereocenters. The van der Waals surface area contributed by atoms with Crippen LogP contribution in [-0.4, -0.2) is 24.4 Å². The fourth-order valence-corrected chi connectivity index (χ4v) is 3.67. The second-order valence-electron chi connectivity index (χ2n) is 6.23. The van der Waals surface area contributed by atoms with E-state index in [0.29, 0.717) is 17.2 Å². The number of aromatic nitrogens is 2. The standard InChI is InChI=1S/C20H18N4O3/c1-10-16-18(13(9-21)19(22)27-20(16)24-23-10)12-7-8-14(25-2)11-5-4-6-15(26-3)17(11)12/h4-8,18H,22H2,1-3H3,(H,23,24). The molecule has 136 valence electrons. The monoisotopic (exact) mass is 362 g/mol. The van der Waals surface area contributed by atoms with E-state index >= 15 is 0 Å². The molecule has 0 saturated carbocycles. The van der Waals surface area contributed by atoms with Crippen molar-refractivity contribution in [1.29, 1.82) is 5.26 Å². The van der Waals surface area contributed by atoms with Gasteiger partial charge in [0.2, 0.25) is 11.8 Å². The molecule has 7 heteroatoms. The van der Waals surface area contributed by atoms with E-state index in [2.05, 4.69) is 16.3 Å². The second-order valence-corrected chi connectivity index (χ2v) is 6.23. The van der Waals surface area contributed by atoms with E-state index in [0.717, 1.165) is 33.3 Å². The zero-order valence-corrected chi connectivity index (χ0v) is 15.2. The molecule has 3 N–H and O–H groups in total. The third-order valence-electron chi connectivity index (χ3n) is 4.87. The summed E-state index contributed by atoms with van der Waals surface area (Å²) >= 11 is 0. The van der Waals surface area contributed by atoms with Crippen molar-refractivity contribution in [3.05, 3.63) is 58.6 Å². The van der Waals surface area contributed by atoms with Crippen LogP contribution in [0.1, 0.15) is 22.7 Å². The number of benzene rings is 2. The van der Waals surface area contributed by atoms with Gasteiger partial charge in [-0.1, -0.05) is 18.2 Å². The number of allylic oxidation sites excluding steroid dienone is 1. The van der Waals surface area contributed by atoms with Crippen LogP contribution in [0.4, 0.5) is 0 Å². The molecule has 1 aromatic heterocycles. The topological polar surface area (TPSA) is 106 Å². The average molecular weight is 362 g/mol. The number of rotatable bonds is 3. The Morgan fingerprint density at radius 1 is 1.19 bits per heavy atom. The number of hydrogen-bond donors (Lipinski definition) is 2. The Hall–Kier alpha value is -3.66. The summed E-state index contributed by atoms with van der Waals surface area (Å²) in [5.74, 6) is 1.42. The first-order chi connectivity index (χ1) is 13.1. The molecule has 7 nitrogen and oxygen atoms in total. The molecule has 0 fully saturated rings. The predicted molar refractivity (Wildman–Crippen MR) is 99.7 cm³/mol. The highest BCUT2D eigenvalue weighted by atomic mass is 16.5. The zero-order valence-electron chi connectivity index (χ0n) is 15.2. The van der Waals surface area contributed by atoms with Crippen molar-refractivity contribution in [1.82, 2.24) is 10.2 Å². The number of methoxy groups -OCH3 is 2. The summed E-state index contributed by atoms with van der Waals surface area (Å²) in [5.41, 5.74) is 8.85. The first kappa shape index (κ1) is 16.8. The summed E-state index contributed by atoms with van der Waals surface area (Å²) in [4.78, 5) is 0. The van der Waals surface area contributed by atoms with Crippen LogP contribution in [0.25, 0.3) is 10.8 Å². The van der Waals surface area contributed by atoms with Gasteiger partial charge in [0.25, 0.3) is 0 Å². The Kier molecular flexibility index (Phi) is 3.89. The Bertz CT molecular complexity index is 1120. The van der Waals surface area contributed by atoms with E-state index in [-0.39, 0.29) is 5.88 Å². The number of H-pyrrole nitrogens is 1. The number of ether oxygens (including phenoxy) is 3. The third-order valence-corrected chi connectivity index (χ3v) is 4.87. The van der Waals surface area contributed by atoms with Gasteiger partial charge in [-0.15, -0.1) is 5.10 Å². The number of nitrogens with zero attached hydrogens (tertiary/aromatic N) is 2. The van der Waals surface area contributed by atoms with Gasteiger partial charge >= 0.3 is 0 Å². The quantitative estimate of drug-likeness (QED) is 0.741. The van der Waals surface area contributed by atoms with Crippen LogP contribution in [0.15, 0.2) is 41.8 Å². The van der Waals surface area contributed by atoms with E-state index in [1.165, 1.54) is 0 Å². The smallest absolute Gasteiger partial charge is 0.244 e. The first-order valence-corrected chi connectivity index (χ1v) is 8.36. The lowest BCUT2D eigenvalue weighted by Gasteiger charge is -2.25. The van der Waals surface area contributed by atoms with Crippen molar-refractivity contribution in [3.8, 4) is 23.4 Å². The zero-order chi connectivity index (χ0) is 19.1. The molecule has 0 spiro atoms. The lowest BCUT2D eigenvalue weighted by Crippen LogP contribution is -2.21. The maximum Gasteiger partial charge on any atom is 0.244 e. The van der Waals surface area contributed by atoms with E-state index < -0.39 is 5.92 Å². The van der Waals surface area contributed by atoms with Gasteiger partial charge in [0.15, 0.2) is 0 Å². The molecular formula is C20H18N4O3. The molecule has 27 heavy (non-hydrogen) atoms. The minimum atomic E-state index is -0.429. The van der Waals surface area contributed by atoms with Gasteiger partial charge in [-0.3, -0.25) is 5.10 Å². The van der Waals surface area contributed by atoms with Crippen LogP contribution < -0.4 is 19.9 Å². The fraction of sp³-hybridized carbons (Fsp3) is 0.200. The normalized spacial score (nSPS) is 15.9. The van der Waals surface area contributed by atoms with Gasteiger partial charge < -0.3 is 19.9 Å². The van der Waals surface area contributed by atoms with Crippen LogP contribution >= 0.6 is 0 Å². The van der Waals surface area contributed by atoms with Crippen molar-refractivity contribution in [2.75, 3.05) is 14.2 Å². The number of aromatic amines is 1. The maximum absolute atomic E-state index is 9.79. The van der Waals surface area contributed by atoms with Gasteiger partial charge in [-0.05, 0) is 24.6 Å². The number of aryl methyl sites for hydroxylation is 1. The molecule has 1 atom stereocenters. The van der Waals surface area contributed by atoms with Crippen molar-refractivity contribution >= 4 is 10.8 Å². The van der Waals surface area contributed by atoms with Gasteiger partial charge in [-0.2, -0.15) is 5.26 Å². The van der Waals surface area contributed by atoms with E-state index in [4.69, 9.17) is 19.9 Å². The highest BCUT2D eigenvalue weighted by Gasteiger charge is 2.35. The number of nitriles is 1. The van der Waals surface area contributed by atoms with Crippen LogP contribution in [0.2, 0.25) is 0 Å². The Morgan fingerprint density at radius 2 is 1.96 bits per heavy atom. The van der Waals surface area contributed by atoms with Crippen LogP contribution in [0.5, 0.6) is 17.4 Å². The molecule has 0 saturated heterocycles. The third kappa shape index (κ3) is 2.38. The van der Waals surface area contributed by atoms with E-state index in [1.54, 1.807) is 14.2 Å². The molecule has 2 heterocycles. The van der Waals surface area contributed by atoms with Crippen molar-refractivity contribution in [2.24, 2.45) is 5.73 Å². The molecular weight excluding hydrogens is 344 g/mol. The highest BCUT2D eigenvalue weighted by molar-refractivity contribution is 5.97. The number of fused-ring (bicyclic) bond motifs is 2. The minimum Gasteiger partial charge on any atom is -0.496 e. The molecule has 1 aliphatic heterocycles. The molecule has 2 aromatic carbocycles. The van der Waals surface area contributed by atoms with Crippen LogP contribution in [0.3, 0.4) is 0 Å². The molecule has 1 aliphatic rings. The first-order valence-electron chi connectivity index (χ1n) is 8.36. The molecule has 4 rings (SSSR count). The highest BCUT2D eigenvalue weighted by Crippen LogP contribution is 2.47. The Labute approximate surface area is 155 Å². The Morgan fingerprint density at radius 3 is 2.67 bits per heavy atom. The number of hydrogen-bond acceptors (Lipinski definition) is 6. The largest absolute Gasteiger partial charge is 0.496 e. The van der Waals surface area contributed by atoms with Gasteiger partial charge in [0, 0.05) is 22.0 Å². The van der Waals surface area contributed by atoms with Crippen LogP contribution in [-0.2, 0) is 0 Å². The molecule has 3 aromatic rings. The average Bonchev–Trinajstić information content (AvgIpc) is 3.05.